The quantitative estimate of drug-likeness (QED) is 0.610. The van der Waals surface area contributed by atoms with Crippen LogP contribution in [0.3, 0.4) is 0 Å². The Balaban J connectivity index is 1.77. The topological polar surface area (TPSA) is 118 Å². The van der Waals surface area contributed by atoms with E-state index in [1.54, 1.807) is 12.1 Å². The number of nitrogens with zero attached hydrogens (tertiary/aromatic N) is 2. The van der Waals surface area contributed by atoms with Crippen LogP contribution in [0.5, 0.6) is 0 Å². The Bertz CT molecular complexity index is 1180. The molecule has 2 aromatic carbocycles. The van der Waals surface area contributed by atoms with E-state index in [0.29, 0.717) is 0 Å². The molecule has 0 amide bonds. The molecular formula is C17H15ClN4O4S2. The zero-order chi connectivity index (χ0) is 20.4. The van der Waals surface area contributed by atoms with Crippen LogP contribution in [-0.2, 0) is 20.0 Å². The van der Waals surface area contributed by atoms with E-state index in [1.807, 2.05) is 6.92 Å². The van der Waals surface area contributed by atoms with Gasteiger partial charge in [0.1, 0.15) is 0 Å². The van der Waals surface area contributed by atoms with Crippen molar-refractivity contribution >= 4 is 43.2 Å². The van der Waals surface area contributed by atoms with Crippen LogP contribution in [0, 0.1) is 6.92 Å². The molecule has 0 aliphatic rings. The molecule has 3 aromatic rings. The minimum absolute atomic E-state index is 0.00792. The van der Waals surface area contributed by atoms with Crippen LogP contribution in [0.2, 0.25) is 5.15 Å². The van der Waals surface area contributed by atoms with Gasteiger partial charge in [0, 0.05) is 5.69 Å². The molecule has 0 atom stereocenters. The number of hydrogen-bond donors (Lipinski definition) is 2. The maximum atomic E-state index is 12.4. The summed E-state index contributed by atoms with van der Waals surface area (Å²) < 4.78 is 54.2. The van der Waals surface area contributed by atoms with Crippen molar-refractivity contribution in [2.24, 2.45) is 0 Å². The Kier molecular flexibility index (Phi) is 5.54. The summed E-state index contributed by atoms with van der Waals surface area (Å²) in [5.74, 6) is 0.00792. The number of nitrogens with one attached hydrogen (secondary N) is 2. The summed E-state index contributed by atoms with van der Waals surface area (Å²) in [5.41, 5.74) is 1.16. The molecule has 8 nitrogen and oxygen atoms in total. The summed E-state index contributed by atoms with van der Waals surface area (Å²) >= 11 is 5.62. The van der Waals surface area contributed by atoms with Crippen LogP contribution >= 0.6 is 11.6 Å². The van der Waals surface area contributed by atoms with Crippen molar-refractivity contribution in [2.45, 2.75) is 16.7 Å². The van der Waals surface area contributed by atoms with E-state index in [1.165, 1.54) is 48.5 Å². The molecule has 0 saturated heterocycles. The maximum Gasteiger partial charge on any atom is 0.263 e. The molecule has 0 saturated carbocycles. The van der Waals surface area contributed by atoms with Gasteiger partial charge in [-0.3, -0.25) is 9.44 Å². The van der Waals surface area contributed by atoms with Crippen molar-refractivity contribution in [1.82, 2.24) is 10.2 Å². The molecule has 0 aliphatic heterocycles. The lowest BCUT2D eigenvalue weighted by atomic mass is 10.2. The zero-order valence-corrected chi connectivity index (χ0v) is 16.9. The number of anilines is 2. The second-order valence-corrected chi connectivity index (χ2v) is 9.54. The van der Waals surface area contributed by atoms with E-state index >= 15 is 0 Å². The van der Waals surface area contributed by atoms with Gasteiger partial charge in [0.25, 0.3) is 20.0 Å². The number of benzene rings is 2. The van der Waals surface area contributed by atoms with Crippen LogP contribution in [0.25, 0.3) is 0 Å². The van der Waals surface area contributed by atoms with Crippen molar-refractivity contribution in [2.75, 3.05) is 9.44 Å². The molecule has 2 N–H and O–H groups in total. The van der Waals surface area contributed by atoms with E-state index in [0.717, 1.165) is 5.56 Å². The molecule has 0 fully saturated rings. The van der Waals surface area contributed by atoms with Crippen LogP contribution in [0.15, 0.2) is 70.5 Å². The lowest BCUT2D eigenvalue weighted by Gasteiger charge is -2.10. The summed E-state index contributed by atoms with van der Waals surface area (Å²) in [5, 5.41) is 7.32. The third-order valence-corrected chi connectivity index (χ3v) is 6.59. The first kappa shape index (κ1) is 20.1. The van der Waals surface area contributed by atoms with Crippen molar-refractivity contribution in [3.63, 3.8) is 0 Å². The fourth-order valence-electron chi connectivity index (χ4n) is 2.20. The number of sulfonamides is 2. The number of aromatic nitrogens is 2. The van der Waals surface area contributed by atoms with Gasteiger partial charge in [-0.2, -0.15) is 0 Å². The van der Waals surface area contributed by atoms with Gasteiger partial charge in [0.05, 0.1) is 9.79 Å². The molecule has 146 valence electrons. The fourth-order valence-corrected chi connectivity index (χ4v) is 4.36. The smallest absolute Gasteiger partial charge is 0.263 e. The Hall–Kier alpha value is -2.69. The van der Waals surface area contributed by atoms with Gasteiger partial charge in [-0.05, 0) is 55.5 Å². The van der Waals surface area contributed by atoms with Crippen LogP contribution in [-0.4, -0.2) is 27.0 Å². The highest BCUT2D eigenvalue weighted by molar-refractivity contribution is 7.93. The monoisotopic (exact) mass is 438 g/mol. The predicted molar refractivity (Wildman–Crippen MR) is 106 cm³/mol. The molecule has 0 bridgehead atoms. The lowest BCUT2D eigenvalue weighted by molar-refractivity contribution is 0.600. The Morgan fingerprint density at radius 2 is 1.25 bits per heavy atom. The SMILES string of the molecule is Cc1ccc(S(=O)(=O)Nc2ccc(S(=O)(=O)Nc3ccc(Cl)nn3)cc2)cc1. The largest absolute Gasteiger partial charge is 0.280 e. The highest BCUT2D eigenvalue weighted by Crippen LogP contribution is 2.20. The molecule has 0 spiro atoms. The Labute approximate surface area is 167 Å². The average molecular weight is 439 g/mol. The van der Waals surface area contributed by atoms with E-state index in [4.69, 9.17) is 11.6 Å². The fraction of sp³-hybridized carbons (Fsp3) is 0.0588. The summed E-state index contributed by atoms with van der Waals surface area (Å²) in [6.07, 6.45) is 0. The number of hydrogen-bond acceptors (Lipinski definition) is 6. The van der Waals surface area contributed by atoms with Crippen molar-refractivity contribution in [1.29, 1.82) is 0 Å². The summed E-state index contributed by atoms with van der Waals surface area (Å²) in [4.78, 5) is 0.0420. The van der Waals surface area contributed by atoms with E-state index in [9.17, 15) is 16.8 Å². The normalized spacial score (nSPS) is 11.8. The maximum absolute atomic E-state index is 12.4. The molecule has 1 heterocycles. The van der Waals surface area contributed by atoms with E-state index in [-0.39, 0.29) is 26.4 Å². The molecule has 0 aliphatic carbocycles. The Morgan fingerprint density at radius 1 is 0.714 bits per heavy atom. The van der Waals surface area contributed by atoms with Gasteiger partial charge in [-0.25, -0.2) is 16.8 Å². The first-order valence-electron chi connectivity index (χ1n) is 7.87. The standard InChI is InChI=1S/C17H15ClN4O4S2/c1-12-2-6-14(7-3-12)27(23,24)21-13-4-8-15(9-5-13)28(25,26)22-17-11-10-16(18)19-20-17/h2-11,21H,1H3,(H,20,22). The molecular weight excluding hydrogens is 424 g/mol. The van der Waals surface area contributed by atoms with Gasteiger partial charge in [0.15, 0.2) is 11.0 Å². The average Bonchev–Trinajstić information content (AvgIpc) is 2.64. The number of halogens is 1. The summed E-state index contributed by atoms with van der Waals surface area (Å²) in [7, 11) is -7.69. The molecule has 1 aromatic heterocycles. The molecule has 3 rings (SSSR count). The van der Waals surface area contributed by atoms with Crippen molar-refractivity contribution in [3.05, 3.63) is 71.4 Å². The van der Waals surface area contributed by atoms with Gasteiger partial charge in [-0.1, -0.05) is 29.3 Å². The highest BCUT2D eigenvalue weighted by Gasteiger charge is 2.17. The number of aryl methyl sites for hydroxylation is 1. The highest BCUT2D eigenvalue weighted by atomic mass is 35.5. The molecule has 28 heavy (non-hydrogen) atoms. The first-order valence-corrected chi connectivity index (χ1v) is 11.2. The number of rotatable bonds is 6. The zero-order valence-electron chi connectivity index (χ0n) is 14.5. The Morgan fingerprint density at radius 3 is 1.79 bits per heavy atom. The van der Waals surface area contributed by atoms with Gasteiger partial charge in [-0.15, -0.1) is 10.2 Å². The van der Waals surface area contributed by atoms with Crippen molar-refractivity contribution < 1.29 is 16.8 Å². The third kappa shape index (κ3) is 4.77. The molecule has 11 heteroatoms. The summed E-state index contributed by atoms with van der Waals surface area (Å²) in [6, 6.07) is 14.4. The summed E-state index contributed by atoms with van der Waals surface area (Å²) in [6.45, 7) is 1.85. The minimum atomic E-state index is -3.92. The minimum Gasteiger partial charge on any atom is -0.280 e. The third-order valence-electron chi connectivity index (χ3n) is 3.62. The van der Waals surface area contributed by atoms with Gasteiger partial charge < -0.3 is 0 Å². The first-order chi connectivity index (χ1) is 13.2. The predicted octanol–water partition coefficient (Wildman–Crippen LogP) is 3.04. The van der Waals surface area contributed by atoms with E-state index in [2.05, 4.69) is 19.6 Å². The van der Waals surface area contributed by atoms with Gasteiger partial charge in [0.2, 0.25) is 0 Å². The van der Waals surface area contributed by atoms with Crippen LogP contribution < -0.4 is 9.44 Å². The van der Waals surface area contributed by atoms with Crippen LogP contribution in [0.4, 0.5) is 11.5 Å². The lowest BCUT2D eigenvalue weighted by Crippen LogP contribution is -2.15. The van der Waals surface area contributed by atoms with Crippen LogP contribution in [0.1, 0.15) is 5.56 Å². The second kappa shape index (κ2) is 7.74. The van der Waals surface area contributed by atoms with Crippen molar-refractivity contribution in [3.8, 4) is 0 Å². The molecule has 0 unspecified atom stereocenters. The van der Waals surface area contributed by atoms with Gasteiger partial charge >= 0.3 is 0 Å². The second-order valence-electron chi connectivity index (χ2n) is 5.79. The van der Waals surface area contributed by atoms with E-state index < -0.39 is 20.0 Å². The molecule has 0 radical (unpaired) electrons.